The van der Waals surface area contributed by atoms with Gasteiger partial charge in [0, 0.05) is 36.6 Å². The first-order valence-corrected chi connectivity index (χ1v) is 12.4. The lowest BCUT2D eigenvalue weighted by molar-refractivity contribution is 0.0788. The van der Waals surface area contributed by atoms with Crippen LogP contribution in [0.25, 0.3) is 16.0 Å². The van der Waals surface area contributed by atoms with Crippen LogP contribution in [0.15, 0.2) is 48.9 Å². The highest BCUT2D eigenvalue weighted by molar-refractivity contribution is 5.90. The van der Waals surface area contributed by atoms with Gasteiger partial charge in [0.2, 0.25) is 0 Å². The van der Waals surface area contributed by atoms with Crippen molar-refractivity contribution >= 4 is 11.8 Å². The van der Waals surface area contributed by atoms with Crippen LogP contribution in [0, 0.1) is 24.2 Å². The summed E-state index contributed by atoms with van der Waals surface area (Å²) >= 11 is 0. The molecule has 3 aromatic rings. The summed E-state index contributed by atoms with van der Waals surface area (Å²) in [5, 5.41) is 26.6. The van der Waals surface area contributed by atoms with Crippen LogP contribution >= 0.6 is 0 Å². The summed E-state index contributed by atoms with van der Waals surface area (Å²) in [6, 6.07) is 7.83. The first-order valence-electron chi connectivity index (χ1n) is 12.4. The van der Waals surface area contributed by atoms with Crippen molar-refractivity contribution in [2.45, 2.75) is 24.2 Å². The molecule has 6 rings (SSSR count). The number of carbonyl (C=O) groups excluding carboxylic acids is 1. The molecule has 2 saturated heterocycles. The van der Waals surface area contributed by atoms with Crippen LogP contribution in [-0.2, 0) is 16.8 Å². The largest absolute Gasteiger partial charge is 0.442 e. The van der Waals surface area contributed by atoms with Crippen molar-refractivity contribution in [2.75, 3.05) is 37.7 Å². The number of rotatable bonds is 8. The Morgan fingerprint density at radius 3 is 2.58 bits per heavy atom. The number of ether oxygens (including phenoxy) is 1. The summed E-state index contributed by atoms with van der Waals surface area (Å²) in [4.78, 5) is 24.3. The van der Waals surface area contributed by atoms with Gasteiger partial charge in [0.05, 0.1) is 56.1 Å². The number of aromatic nitrogens is 4. The Bertz CT molecular complexity index is 1360. The minimum atomic E-state index is -0.716. The van der Waals surface area contributed by atoms with Gasteiger partial charge in [-0.3, -0.25) is 14.8 Å². The van der Waals surface area contributed by atoms with E-state index in [0.29, 0.717) is 42.1 Å². The summed E-state index contributed by atoms with van der Waals surface area (Å²) in [7, 11) is 0. The number of likely N-dealkylation sites (tertiary alicyclic amines) is 1. The van der Waals surface area contributed by atoms with Gasteiger partial charge in [-0.1, -0.05) is 11.3 Å². The lowest BCUT2D eigenvalue weighted by atomic mass is 10.0. The third kappa shape index (κ3) is 3.91. The summed E-state index contributed by atoms with van der Waals surface area (Å²) in [6.07, 6.45) is 3.83. The molecule has 1 aromatic carbocycles. The first kappa shape index (κ1) is 24.4. The van der Waals surface area contributed by atoms with E-state index >= 15 is 4.39 Å². The molecule has 0 radical (unpaired) electrons. The van der Waals surface area contributed by atoms with Crippen LogP contribution in [0.4, 0.5) is 14.9 Å². The number of carbonyl (C=O) groups is 1. The number of amides is 1. The first-order chi connectivity index (χ1) is 18.5. The minimum absolute atomic E-state index is 0.0866. The fraction of sp³-hybridized carbons (Fsp3) is 0.423. The Hall–Kier alpha value is -3.92. The maximum Gasteiger partial charge on any atom is 0.414 e. The van der Waals surface area contributed by atoms with Crippen molar-refractivity contribution in [3.63, 3.8) is 0 Å². The number of fused-ring (bicyclic) bond motifs is 1. The van der Waals surface area contributed by atoms with Gasteiger partial charge in [-0.05, 0) is 24.3 Å². The van der Waals surface area contributed by atoms with E-state index < -0.39 is 23.6 Å². The van der Waals surface area contributed by atoms with Crippen LogP contribution in [0.5, 0.6) is 0 Å². The van der Waals surface area contributed by atoms with Gasteiger partial charge in [0.25, 0.3) is 5.54 Å². The molecule has 3 fully saturated rings. The van der Waals surface area contributed by atoms with E-state index in [1.54, 1.807) is 47.5 Å². The Morgan fingerprint density at radius 1 is 1.18 bits per heavy atom. The highest BCUT2D eigenvalue weighted by Gasteiger charge is 2.77. The molecule has 2 aromatic heterocycles. The van der Waals surface area contributed by atoms with E-state index in [4.69, 9.17) is 11.3 Å². The lowest BCUT2D eigenvalue weighted by Gasteiger charge is -2.27. The Balaban J connectivity index is 1.15. The number of aliphatic hydroxyl groups is 2. The molecule has 1 amide bonds. The Kier molecular flexibility index (Phi) is 6.06. The molecule has 0 bridgehead atoms. The van der Waals surface area contributed by atoms with Gasteiger partial charge in [-0.15, -0.1) is 5.10 Å². The molecular formula is C26H26FN7O4. The van der Waals surface area contributed by atoms with Crippen molar-refractivity contribution in [3.05, 3.63) is 71.9 Å². The maximum atomic E-state index is 15.2. The predicted octanol–water partition coefficient (Wildman–Crippen LogP) is 1.53. The van der Waals surface area contributed by atoms with E-state index in [1.807, 2.05) is 4.90 Å². The summed E-state index contributed by atoms with van der Waals surface area (Å²) in [6.45, 7) is 9.49. The highest BCUT2D eigenvalue weighted by atomic mass is 19.1. The SMILES string of the molecule is [C-]#[N+]C1(c2ccc(-c3ccc(N4C[C@H](Cn5ccnn5)OC4=O)cc3F)cn2)[C@@H]2CN(C(CO)CO)C[C@@H]21. The third-order valence-corrected chi connectivity index (χ3v) is 7.98. The minimum Gasteiger partial charge on any atom is -0.442 e. The molecule has 1 saturated carbocycles. The second-order valence-electron chi connectivity index (χ2n) is 9.96. The van der Waals surface area contributed by atoms with Crippen molar-refractivity contribution in [3.8, 4) is 11.1 Å². The fourth-order valence-corrected chi connectivity index (χ4v) is 5.89. The number of hydrogen-bond donors (Lipinski definition) is 2. The van der Waals surface area contributed by atoms with Crippen LogP contribution in [0.3, 0.4) is 0 Å². The van der Waals surface area contributed by atoms with E-state index in [-0.39, 0.29) is 37.6 Å². The van der Waals surface area contributed by atoms with E-state index in [9.17, 15) is 15.0 Å². The van der Waals surface area contributed by atoms with Crippen molar-refractivity contribution in [1.82, 2.24) is 24.9 Å². The zero-order valence-corrected chi connectivity index (χ0v) is 20.4. The van der Waals surface area contributed by atoms with Gasteiger partial charge < -0.3 is 19.8 Å². The number of nitrogens with zero attached hydrogens (tertiary/aromatic N) is 7. The Morgan fingerprint density at radius 2 is 1.97 bits per heavy atom. The van der Waals surface area contributed by atoms with Crippen molar-refractivity contribution in [2.24, 2.45) is 11.8 Å². The zero-order chi connectivity index (χ0) is 26.4. The third-order valence-electron chi connectivity index (χ3n) is 7.98. The number of anilines is 1. The number of piperidine rings is 1. The quantitative estimate of drug-likeness (QED) is 0.430. The molecular weight excluding hydrogens is 493 g/mol. The molecule has 0 spiro atoms. The molecule has 4 atom stereocenters. The maximum absolute atomic E-state index is 15.2. The topological polar surface area (TPSA) is 121 Å². The van der Waals surface area contributed by atoms with Gasteiger partial charge in [0.1, 0.15) is 17.6 Å². The highest BCUT2D eigenvalue weighted by Crippen LogP contribution is 2.64. The monoisotopic (exact) mass is 519 g/mol. The molecule has 2 N–H and O–H groups in total. The molecule has 38 heavy (non-hydrogen) atoms. The molecule has 1 aliphatic carbocycles. The van der Waals surface area contributed by atoms with E-state index in [1.165, 1.54) is 11.0 Å². The van der Waals surface area contributed by atoms with Crippen LogP contribution in [0.1, 0.15) is 5.69 Å². The van der Waals surface area contributed by atoms with E-state index in [2.05, 4.69) is 20.1 Å². The van der Waals surface area contributed by atoms with Crippen LogP contribution in [-0.4, -0.2) is 86.2 Å². The Labute approximate surface area is 217 Å². The predicted molar refractivity (Wildman–Crippen MR) is 132 cm³/mol. The number of pyridine rings is 1. The summed E-state index contributed by atoms with van der Waals surface area (Å²) < 4.78 is 22.2. The average Bonchev–Trinajstić information content (AvgIpc) is 3.42. The molecule has 12 heteroatoms. The van der Waals surface area contributed by atoms with Crippen molar-refractivity contribution < 1.29 is 24.1 Å². The summed E-state index contributed by atoms with van der Waals surface area (Å²) in [5.41, 5.74) is 1.25. The molecule has 3 aliphatic rings. The molecule has 11 nitrogen and oxygen atoms in total. The molecule has 4 heterocycles. The second kappa shape index (κ2) is 9.43. The molecule has 196 valence electrons. The van der Waals surface area contributed by atoms with Crippen LogP contribution < -0.4 is 4.90 Å². The van der Waals surface area contributed by atoms with Crippen LogP contribution in [0.2, 0.25) is 0 Å². The van der Waals surface area contributed by atoms with E-state index in [0.717, 1.165) is 0 Å². The average molecular weight is 520 g/mol. The second-order valence-corrected chi connectivity index (χ2v) is 9.96. The number of hydrogen-bond acceptors (Lipinski definition) is 8. The number of benzene rings is 1. The van der Waals surface area contributed by atoms with Gasteiger partial charge in [-0.2, -0.15) is 0 Å². The van der Waals surface area contributed by atoms with Gasteiger partial charge in [-0.25, -0.2) is 20.4 Å². The summed E-state index contributed by atoms with van der Waals surface area (Å²) in [5.74, 6) is -0.324. The molecule has 2 aliphatic heterocycles. The number of halogens is 1. The number of cyclic esters (lactones) is 1. The van der Waals surface area contributed by atoms with Gasteiger partial charge in [0.15, 0.2) is 0 Å². The molecule has 1 unspecified atom stereocenters. The smallest absolute Gasteiger partial charge is 0.414 e. The normalized spacial score (nSPS) is 26.4. The standard InChI is InChI=1S/C26H26FN7O4/c1-28-26(21-12-32(13-22(21)26)18(14-35)15-36)24-5-2-16(9-29-24)20-4-3-17(8-23(20)27)34-11-19(38-25(34)37)10-33-7-6-30-31-33/h2-9,18-19,21-22,35-36H,10-15H2/t19-,21-,22+,26?/m0/s1. The number of aliphatic hydroxyl groups excluding tert-OH is 2. The zero-order valence-electron chi connectivity index (χ0n) is 20.4. The fourth-order valence-electron chi connectivity index (χ4n) is 5.89. The lowest BCUT2D eigenvalue weighted by Crippen LogP contribution is -2.42. The van der Waals surface area contributed by atoms with Crippen molar-refractivity contribution in [1.29, 1.82) is 0 Å². The van der Waals surface area contributed by atoms with Gasteiger partial charge >= 0.3 is 6.09 Å².